The van der Waals surface area contributed by atoms with E-state index in [1.54, 1.807) is 24.3 Å². The molecule has 0 bridgehead atoms. The van der Waals surface area contributed by atoms with Gasteiger partial charge in [-0.2, -0.15) is 0 Å². The van der Waals surface area contributed by atoms with Crippen LogP contribution in [0, 0.1) is 10.1 Å². The second-order valence-electron chi connectivity index (χ2n) is 7.52. The maximum Gasteiger partial charge on any atom is 0.270 e. The van der Waals surface area contributed by atoms with Crippen LogP contribution in [-0.4, -0.2) is 43.0 Å². The first-order chi connectivity index (χ1) is 14.3. The Labute approximate surface area is 187 Å². The van der Waals surface area contributed by atoms with Crippen LogP contribution in [0.5, 0.6) is 0 Å². The second kappa shape index (κ2) is 9.01. The molecule has 0 radical (unpaired) electrons. The molecule has 3 N–H and O–H groups in total. The van der Waals surface area contributed by atoms with Crippen molar-refractivity contribution in [1.82, 2.24) is 10.3 Å². The number of halogens is 1. The fourth-order valence-corrected chi connectivity index (χ4v) is 4.70. The van der Waals surface area contributed by atoms with Crippen molar-refractivity contribution in [2.24, 2.45) is 0 Å². The van der Waals surface area contributed by atoms with E-state index in [0.29, 0.717) is 27.0 Å². The van der Waals surface area contributed by atoms with Crippen LogP contribution in [0.15, 0.2) is 41.2 Å². The summed E-state index contributed by atoms with van der Waals surface area (Å²) < 4.78 is 1.16. The summed E-state index contributed by atoms with van der Waals surface area (Å²) >= 11 is 1.22. The molecule has 0 aliphatic heterocycles. The number of benzene rings is 2. The number of thiophene rings is 1. The smallest absolute Gasteiger partial charge is 0.270 e. The first-order valence-electron chi connectivity index (χ1n) is 9.59. The Kier molecular flexibility index (Phi) is 6.59. The predicted octanol–water partition coefficient (Wildman–Crippen LogP) is -0.927. The number of nitrogens with one attached hydrogen (secondary N) is 3. The van der Waals surface area contributed by atoms with Crippen molar-refractivity contribution in [3.8, 4) is 0 Å². The minimum atomic E-state index is -0.452. The molecule has 2 heterocycles. The number of nitro groups is 1. The zero-order valence-electron chi connectivity index (χ0n) is 17.0. The van der Waals surface area contributed by atoms with Crippen molar-refractivity contribution in [3.63, 3.8) is 0 Å². The number of amides is 1. The molecule has 0 saturated carbocycles. The van der Waals surface area contributed by atoms with Crippen LogP contribution in [0.1, 0.15) is 16.8 Å². The van der Waals surface area contributed by atoms with Gasteiger partial charge in [0.15, 0.2) is 0 Å². The van der Waals surface area contributed by atoms with E-state index in [1.165, 1.54) is 28.4 Å². The van der Waals surface area contributed by atoms with Crippen LogP contribution >= 0.6 is 11.3 Å². The SMILES string of the molecule is C[NH+](C)CCCNC(=O)c1ccc2[nH]c(=O)c3sc4cc([N+](=O)[O-])ccc4c3c2c1.[Cl-]. The lowest BCUT2D eigenvalue weighted by Gasteiger charge is -2.09. The van der Waals surface area contributed by atoms with E-state index in [0.717, 1.165) is 29.1 Å². The highest BCUT2D eigenvalue weighted by Gasteiger charge is 2.17. The third-order valence-corrected chi connectivity index (χ3v) is 6.18. The van der Waals surface area contributed by atoms with Gasteiger partial charge in [-0.1, -0.05) is 0 Å². The van der Waals surface area contributed by atoms with Crippen LogP contribution in [0.4, 0.5) is 5.69 Å². The number of H-pyrrole nitrogens is 1. The average Bonchev–Trinajstić information content (AvgIpc) is 3.10. The zero-order valence-corrected chi connectivity index (χ0v) is 18.5. The zero-order chi connectivity index (χ0) is 21.4. The second-order valence-corrected chi connectivity index (χ2v) is 8.58. The summed E-state index contributed by atoms with van der Waals surface area (Å²) in [5, 5.41) is 16.3. The van der Waals surface area contributed by atoms with Crippen molar-refractivity contribution in [1.29, 1.82) is 0 Å². The van der Waals surface area contributed by atoms with Crippen LogP contribution in [-0.2, 0) is 0 Å². The highest BCUT2D eigenvalue weighted by atomic mass is 35.5. The van der Waals surface area contributed by atoms with E-state index < -0.39 is 4.92 Å². The number of carbonyl (C=O) groups is 1. The van der Waals surface area contributed by atoms with Gasteiger partial charge < -0.3 is 27.6 Å². The maximum absolute atomic E-state index is 12.6. The third-order valence-electron chi connectivity index (χ3n) is 5.03. The molecule has 31 heavy (non-hydrogen) atoms. The van der Waals surface area contributed by atoms with E-state index in [2.05, 4.69) is 24.4 Å². The Morgan fingerprint density at radius 1 is 1.19 bits per heavy atom. The number of hydrogen-bond donors (Lipinski definition) is 3. The minimum absolute atomic E-state index is 0. The largest absolute Gasteiger partial charge is 1.00 e. The van der Waals surface area contributed by atoms with E-state index in [9.17, 15) is 19.7 Å². The molecule has 0 spiro atoms. The molecule has 8 nitrogen and oxygen atoms in total. The Morgan fingerprint density at radius 2 is 1.97 bits per heavy atom. The van der Waals surface area contributed by atoms with Gasteiger partial charge in [-0.15, -0.1) is 11.3 Å². The molecular weight excluding hydrogens is 440 g/mol. The summed E-state index contributed by atoms with van der Waals surface area (Å²) in [5.41, 5.74) is 0.867. The number of nitrogens with zero attached hydrogens (tertiary/aromatic N) is 1. The summed E-state index contributed by atoms with van der Waals surface area (Å²) in [6.07, 6.45) is 0.882. The topological polar surface area (TPSA) is 110 Å². The van der Waals surface area contributed by atoms with Crippen LogP contribution in [0.2, 0.25) is 0 Å². The van der Waals surface area contributed by atoms with Crippen molar-refractivity contribution < 1.29 is 27.0 Å². The maximum atomic E-state index is 12.6. The van der Waals surface area contributed by atoms with Crippen molar-refractivity contribution in [2.75, 3.05) is 27.2 Å². The molecule has 0 saturated heterocycles. The van der Waals surface area contributed by atoms with Crippen LogP contribution in [0.25, 0.3) is 31.1 Å². The lowest BCUT2D eigenvalue weighted by Crippen LogP contribution is -3.05. The number of hydrogen-bond acceptors (Lipinski definition) is 5. The summed E-state index contributed by atoms with van der Waals surface area (Å²) in [6.45, 7) is 1.56. The summed E-state index contributed by atoms with van der Waals surface area (Å²) in [5.74, 6) is -0.167. The highest BCUT2D eigenvalue weighted by molar-refractivity contribution is 7.26. The molecule has 1 amide bonds. The first-order valence-corrected chi connectivity index (χ1v) is 10.4. The number of fused-ring (bicyclic) bond motifs is 5. The minimum Gasteiger partial charge on any atom is -1.00 e. The third kappa shape index (κ3) is 4.39. The lowest BCUT2D eigenvalue weighted by atomic mass is 10.0. The van der Waals surface area contributed by atoms with Gasteiger partial charge in [0.05, 0.1) is 25.6 Å². The number of quaternary nitrogens is 1. The number of rotatable bonds is 6. The summed E-state index contributed by atoms with van der Waals surface area (Å²) in [6, 6.07) is 9.77. The highest BCUT2D eigenvalue weighted by Crippen LogP contribution is 2.37. The standard InChI is InChI=1S/C21H20N4O4S.ClH/c1-24(2)9-3-8-22-20(26)12-4-7-16-15(10-12)18-14-6-5-13(25(28)29)11-17(14)30-19(18)21(27)23-16;/h4-7,10-11H,3,8-9H2,1-2H3,(H,22,26)(H,23,27);1H. The molecule has 4 aromatic rings. The van der Waals surface area contributed by atoms with E-state index >= 15 is 0 Å². The van der Waals surface area contributed by atoms with Gasteiger partial charge in [0.2, 0.25) is 0 Å². The first kappa shape index (κ1) is 22.7. The quantitative estimate of drug-likeness (QED) is 0.196. The number of nitro benzene ring substituents is 1. The fraction of sp³-hybridized carbons (Fsp3) is 0.238. The molecule has 0 aliphatic rings. The van der Waals surface area contributed by atoms with Gasteiger partial charge in [0.1, 0.15) is 4.70 Å². The van der Waals surface area contributed by atoms with E-state index in [1.807, 2.05) is 0 Å². The number of pyridine rings is 1. The fourth-order valence-electron chi connectivity index (χ4n) is 3.55. The Morgan fingerprint density at radius 3 is 2.68 bits per heavy atom. The number of non-ortho nitro benzene ring substituents is 1. The summed E-state index contributed by atoms with van der Waals surface area (Å²) in [7, 11) is 4.13. The molecule has 2 aromatic heterocycles. The molecule has 0 fully saturated rings. The van der Waals surface area contributed by atoms with Crippen molar-refractivity contribution in [2.45, 2.75) is 6.42 Å². The Bertz CT molecular complexity index is 1360. The molecule has 10 heteroatoms. The van der Waals surface area contributed by atoms with E-state index in [-0.39, 0.29) is 29.6 Å². The molecule has 162 valence electrons. The lowest BCUT2D eigenvalue weighted by molar-refractivity contribution is -0.858. The molecule has 2 aromatic carbocycles. The van der Waals surface area contributed by atoms with Crippen molar-refractivity contribution in [3.05, 3.63) is 62.4 Å². The number of aromatic amines is 1. The van der Waals surface area contributed by atoms with Gasteiger partial charge in [-0.05, 0) is 24.3 Å². The Hall–Kier alpha value is -3.01. The monoisotopic (exact) mass is 460 g/mol. The van der Waals surface area contributed by atoms with Gasteiger partial charge >= 0.3 is 0 Å². The van der Waals surface area contributed by atoms with Crippen molar-refractivity contribution >= 4 is 54.0 Å². The van der Waals surface area contributed by atoms with Crippen LogP contribution < -0.4 is 28.2 Å². The Balaban J connectivity index is 0.00000272. The van der Waals surface area contributed by atoms with Gasteiger partial charge in [0, 0.05) is 57.0 Å². The number of aromatic nitrogens is 1. The molecule has 4 rings (SSSR count). The molecule has 0 unspecified atom stereocenters. The van der Waals surface area contributed by atoms with E-state index in [4.69, 9.17) is 0 Å². The normalized spacial score (nSPS) is 11.2. The molecule has 0 atom stereocenters. The van der Waals surface area contributed by atoms with Gasteiger partial charge in [-0.3, -0.25) is 19.7 Å². The molecule has 0 aliphatic carbocycles. The van der Waals surface area contributed by atoms with Gasteiger partial charge in [-0.25, -0.2) is 0 Å². The average molecular weight is 461 g/mol. The number of carbonyl (C=O) groups excluding carboxylic acids is 1. The predicted molar refractivity (Wildman–Crippen MR) is 119 cm³/mol. The molecular formula is C21H21ClN4O4S. The van der Waals surface area contributed by atoms with Gasteiger partial charge in [0.25, 0.3) is 17.2 Å². The summed E-state index contributed by atoms with van der Waals surface area (Å²) in [4.78, 5) is 40.0. The van der Waals surface area contributed by atoms with Crippen LogP contribution in [0.3, 0.4) is 0 Å².